The fourth-order valence-electron chi connectivity index (χ4n) is 3.60. The molecule has 0 unspecified atom stereocenters. The molecular formula is C21H26N4O2. The van der Waals surface area contributed by atoms with E-state index in [-0.39, 0.29) is 23.8 Å². The number of amides is 2. The lowest BCUT2D eigenvalue weighted by molar-refractivity contribution is -0.117. The molecule has 2 aliphatic carbocycles. The van der Waals surface area contributed by atoms with Crippen LogP contribution in [0.2, 0.25) is 0 Å². The van der Waals surface area contributed by atoms with Gasteiger partial charge in [-0.2, -0.15) is 5.10 Å². The Morgan fingerprint density at radius 2 is 1.67 bits per heavy atom. The lowest BCUT2D eigenvalue weighted by atomic mass is 10.1. The molecule has 0 radical (unpaired) electrons. The zero-order valence-corrected chi connectivity index (χ0v) is 15.5. The first-order chi connectivity index (χ1) is 13.2. The van der Waals surface area contributed by atoms with Crippen molar-refractivity contribution in [1.29, 1.82) is 0 Å². The van der Waals surface area contributed by atoms with E-state index < -0.39 is 0 Å². The Kier molecular flexibility index (Phi) is 5.23. The van der Waals surface area contributed by atoms with E-state index in [1.54, 1.807) is 10.7 Å². The van der Waals surface area contributed by atoms with Gasteiger partial charge in [0.25, 0.3) is 5.91 Å². The van der Waals surface area contributed by atoms with Crippen LogP contribution in [0.15, 0.2) is 36.4 Å². The third-order valence-corrected chi connectivity index (χ3v) is 5.33. The van der Waals surface area contributed by atoms with Gasteiger partial charge in [-0.05, 0) is 37.8 Å². The molecule has 2 saturated carbocycles. The van der Waals surface area contributed by atoms with E-state index in [0.29, 0.717) is 11.5 Å². The van der Waals surface area contributed by atoms with Gasteiger partial charge >= 0.3 is 0 Å². The van der Waals surface area contributed by atoms with Gasteiger partial charge in [-0.25, -0.2) is 4.68 Å². The van der Waals surface area contributed by atoms with Crippen LogP contribution in [-0.4, -0.2) is 27.6 Å². The largest absolute Gasteiger partial charge is 0.348 e. The van der Waals surface area contributed by atoms with E-state index in [0.717, 1.165) is 44.2 Å². The van der Waals surface area contributed by atoms with E-state index >= 15 is 0 Å². The Morgan fingerprint density at radius 1 is 0.963 bits per heavy atom. The number of carbonyl (C=O) groups is 2. The average Bonchev–Trinajstić information content (AvgIpc) is 3.48. The zero-order chi connectivity index (χ0) is 18.6. The van der Waals surface area contributed by atoms with Crippen LogP contribution in [0.25, 0.3) is 5.69 Å². The molecular weight excluding hydrogens is 340 g/mol. The molecule has 0 bridgehead atoms. The van der Waals surface area contributed by atoms with Crippen LogP contribution in [0, 0.1) is 5.92 Å². The third-order valence-electron chi connectivity index (χ3n) is 5.33. The fraction of sp³-hybridized carbons (Fsp3) is 0.476. The highest BCUT2D eigenvalue weighted by molar-refractivity contribution is 5.97. The average molecular weight is 366 g/mol. The van der Waals surface area contributed by atoms with Gasteiger partial charge in [0, 0.05) is 18.0 Å². The molecule has 1 aromatic carbocycles. The van der Waals surface area contributed by atoms with Crippen LogP contribution < -0.4 is 10.6 Å². The molecule has 0 aliphatic heterocycles. The summed E-state index contributed by atoms with van der Waals surface area (Å²) in [5.41, 5.74) is 1.16. The summed E-state index contributed by atoms with van der Waals surface area (Å²) in [5.74, 6) is 0.470. The summed E-state index contributed by atoms with van der Waals surface area (Å²) in [6, 6.07) is 11.5. The smallest absolute Gasteiger partial charge is 0.272 e. The molecule has 27 heavy (non-hydrogen) atoms. The third kappa shape index (κ3) is 4.38. The van der Waals surface area contributed by atoms with Crippen molar-refractivity contribution in [3.05, 3.63) is 42.1 Å². The van der Waals surface area contributed by atoms with Crippen LogP contribution in [0.5, 0.6) is 0 Å². The van der Waals surface area contributed by atoms with Crippen molar-refractivity contribution >= 4 is 17.6 Å². The van der Waals surface area contributed by atoms with Crippen molar-refractivity contribution in [2.75, 3.05) is 5.32 Å². The molecule has 4 rings (SSSR count). The van der Waals surface area contributed by atoms with E-state index in [1.807, 2.05) is 30.3 Å². The van der Waals surface area contributed by atoms with Crippen molar-refractivity contribution in [2.45, 2.75) is 57.4 Å². The fourth-order valence-corrected chi connectivity index (χ4v) is 3.60. The molecule has 1 aromatic heterocycles. The molecule has 1 heterocycles. The van der Waals surface area contributed by atoms with Gasteiger partial charge < -0.3 is 10.6 Å². The summed E-state index contributed by atoms with van der Waals surface area (Å²) in [4.78, 5) is 25.0. The monoisotopic (exact) mass is 366 g/mol. The molecule has 6 heteroatoms. The number of benzene rings is 1. The molecule has 0 saturated heterocycles. The highest BCUT2D eigenvalue weighted by atomic mass is 16.2. The number of para-hydroxylation sites is 1. The minimum absolute atomic E-state index is 0.00260. The first-order valence-electron chi connectivity index (χ1n) is 9.98. The van der Waals surface area contributed by atoms with Crippen molar-refractivity contribution in [2.24, 2.45) is 5.92 Å². The summed E-state index contributed by atoms with van der Waals surface area (Å²) in [5, 5.41) is 10.6. The Bertz CT molecular complexity index is 803. The normalized spacial score (nSPS) is 17.9. The first kappa shape index (κ1) is 17.8. The molecule has 0 spiro atoms. The Hall–Kier alpha value is -2.63. The second-order valence-corrected chi connectivity index (χ2v) is 7.59. The summed E-state index contributed by atoms with van der Waals surface area (Å²) < 4.78 is 1.64. The van der Waals surface area contributed by atoms with Gasteiger partial charge in [0.1, 0.15) is 5.82 Å². The number of rotatable bonds is 5. The Balaban J connectivity index is 1.55. The second kappa shape index (κ2) is 7.94. The van der Waals surface area contributed by atoms with E-state index in [4.69, 9.17) is 0 Å². The maximum Gasteiger partial charge on any atom is 0.272 e. The molecule has 0 atom stereocenters. The molecule has 6 nitrogen and oxygen atoms in total. The van der Waals surface area contributed by atoms with Crippen LogP contribution in [-0.2, 0) is 4.79 Å². The van der Waals surface area contributed by atoms with Crippen LogP contribution in [0.4, 0.5) is 5.82 Å². The number of hydrogen-bond donors (Lipinski definition) is 2. The maximum atomic E-state index is 12.8. The zero-order valence-electron chi connectivity index (χ0n) is 15.5. The maximum absolute atomic E-state index is 12.8. The first-order valence-corrected chi connectivity index (χ1v) is 9.98. The number of anilines is 1. The summed E-state index contributed by atoms with van der Waals surface area (Å²) in [7, 11) is 0. The summed E-state index contributed by atoms with van der Waals surface area (Å²) in [6.45, 7) is 0. The number of aromatic nitrogens is 2. The van der Waals surface area contributed by atoms with E-state index in [9.17, 15) is 9.59 Å². The second-order valence-electron chi connectivity index (χ2n) is 7.59. The summed E-state index contributed by atoms with van der Waals surface area (Å²) in [6.07, 6.45) is 8.71. The molecule has 142 valence electrons. The van der Waals surface area contributed by atoms with Crippen molar-refractivity contribution in [1.82, 2.24) is 15.1 Å². The number of hydrogen-bond acceptors (Lipinski definition) is 3. The predicted octanol–water partition coefficient (Wildman–Crippen LogP) is 3.67. The van der Waals surface area contributed by atoms with Gasteiger partial charge in [0.2, 0.25) is 5.91 Å². The van der Waals surface area contributed by atoms with Crippen LogP contribution >= 0.6 is 0 Å². The molecule has 2 fully saturated rings. The molecule has 2 aromatic rings. The van der Waals surface area contributed by atoms with Gasteiger partial charge in [-0.15, -0.1) is 0 Å². The molecule has 2 amide bonds. The highest BCUT2D eigenvalue weighted by Gasteiger charge is 2.31. The lowest BCUT2D eigenvalue weighted by Crippen LogP contribution is -2.34. The van der Waals surface area contributed by atoms with Crippen LogP contribution in [0.3, 0.4) is 0 Å². The van der Waals surface area contributed by atoms with Crippen molar-refractivity contribution in [3.8, 4) is 5.69 Å². The topological polar surface area (TPSA) is 76.0 Å². The van der Waals surface area contributed by atoms with Gasteiger partial charge in [-0.3, -0.25) is 9.59 Å². The van der Waals surface area contributed by atoms with E-state index in [2.05, 4.69) is 15.7 Å². The quantitative estimate of drug-likeness (QED) is 0.793. The predicted molar refractivity (Wildman–Crippen MR) is 104 cm³/mol. The Morgan fingerprint density at radius 3 is 2.33 bits per heavy atom. The van der Waals surface area contributed by atoms with Gasteiger partial charge in [0.05, 0.1) is 5.69 Å². The van der Waals surface area contributed by atoms with Gasteiger partial charge in [-0.1, -0.05) is 43.9 Å². The lowest BCUT2D eigenvalue weighted by Gasteiger charge is -2.15. The number of nitrogens with zero attached hydrogens (tertiary/aromatic N) is 2. The molecule has 2 aliphatic rings. The Labute approximate surface area is 159 Å². The minimum Gasteiger partial charge on any atom is -0.348 e. The highest BCUT2D eigenvalue weighted by Crippen LogP contribution is 2.30. The van der Waals surface area contributed by atoms with E-state index in [1.165, 1.54) is 12.8 Å². The molecule has 2 N–H and O–H groups in total. The number of nitrogens with one attached hydrogen (secondary N) is 2. The van der Waals surface area contributed by atoms with Crippen molar-refractivity contribution < 1.29 is 9.59 Å². The van der Waals surface area contributed by atoms with Gasteiger partial charge in [0.15, 0.2) is 5.69 Å². The van der Waals surface area contributed by atoms with Crippen molar-refractivity contribution in [3.63, 3.8) is 0 Å². The number of carbonyl (C=O) groups excluding carboxylic acids is 2. The SMILES string of the molecule is O=C(NC1CCCCCC1)c1cc(NC(=O)C2CC2)n(-c2ccccc2)n1. The van der Waals surface area contributed by atoms with Crippen LogP contribution in [0.1, 0.15) is 61.9 Å². The minimum atomic E-state index is -0.168. The standard InChI is InChI=1S/C21H26N4O2/c26-20(15-12-13-15)23-19-14-18(24-25(19)17-10-6-3-7-11-17)21(27)22-16-8-4-1-2-5-9-16/h3,6-7,10-11,14-16H,1-2,4-5,8-9,12-13H2,(H,22,27)(H,23,26). The summed E-state index contributed by atoms with van der Waals surface area (Å²) >= 11 is 0.